The van der Waals surface area contributed by atoms with Crippen LogP contribution in [0.2, 0.25) is 0 Å². The average Bonchev–Trinajstić information content (AvgIpc) is 3.50. The summed E-state index contributed by atoms with van der Waals surface area (Å²) in [6.07, 6.45) is 1.86. The van der Waals surface area contributed by atoms with Crippen molar-refractivity contribution < 1.29 is 14.7 Å². The number of imide groups is 1. The van der Waals surface area contributed by atoms with E-state index in [9.17, 15) is 14.7 Å². The quantitative estimate of drug-likeness (QED) is 0.286. The third kappa shape index (κ3) is 3.38. The molecule has 0 bridgehead atoms. The number of carbonyl (C=O) groups is 2. The molecule has 168 valence electrons. The van der Waals surface area contributed by atoms with Gasteiger partial charge in [0.1, 0.15) is 0 Å². The molecule has 2 aromatic heterocycles. The van der Waals surface area contributed by atoms with E-state index >= 15 is 0 Å². The molecule has 1 aliphatic rings. The molecule has 34 heavy (non-hydrogen) atoms. The van der Waals surface area contributed by atoms with Crippen LogP contribution in [0.25, 0.3) is 26.7 Å². The molecule has 0 fully saturated rings. The number of benzene rings is 3. The molecule has 0 saturated heterocycles. The lowest BCUT2D eigenvalue weighted by atomic mass is 9.93. The second-order valence-corrected chi connectivity index (χ2v) is 9.99. The summed E-state index contributed by atoms with van der Waals surface area (Å²) >= 11 is 3.26. The van der Waals surface area contributed by atoms with E-state index in [1.165, 1.54) is 0 Å². The maximum atomic E-state index is 12.9. The van der Waals surface area contributed by atoms with Crippen molar-refractivity contribution in [3.05, 3.63) is 77.6 Å². The third-order valence-corrected chi connectivity index (χ3v) is 7.91. The van der Waals surface area contributed by atoms with Crippen molar-refractivity contribution in [3.8, 4) is 5.69 Å². The van der Waals surface area contributed by atoms with Gasteiger partial charge >= 0.3 is 0 Å². The van der Waals surface area contributed by atoms with Gasteiger partial charge in [-0.3, -0.25) is 14.5 Å². The van der Waals surface area contributed by atoms with Crippen LogP contribution < -0.4 is 0 Å². The first-order valence-corrected chi connectivity index (χ1v) is 12.4. The van der Waals surface area contributed by atoms with Gasteiger partial charge in [0.2, 0.25) is 0 Å². The van der Waals surface area contributed by atoms with Crippen molar-refractivity contribution in [3.63, 3.8) is 0 Å². The van der Waals surface area contributed by atoms with E-state index in [4.69, 9.17) is 0 Å². The van der Waals surface area contributed by atoms with Gasteiger partial charge in [-0.25, -0.2) is 9.67 Å². The molecule has 2 amide bonds. The zero-order valence-corrected chi connectivity index (χ0v) is 19.3. The van der Waals surface area contributed by atoms with Crippen LogP contribution in [0.1, 0.15) is 26.4 Å². The Morgan fingerprint density at radius 2 is 1.79 bits per heavy atom. The van der Waals surface area contributed by atoms with Crippen LogP contribution in [-0.2, 0) is 5.75 Å². The van der Waals surface area contributed by atoms with Gasteiger partial charge in [0.15, 0.2) is 4.34 Å². The van der Waals surface area contributed by atoms with Gasteiger partial charge in [-0.05, 0) is 30.3 Å². The van der Waals surface area contributed by atoms with E-state index in [-0.39, 0.29) is 13.2 Å². The first-order valence-electron chi connectivity index (χ1n) is 10.6. The van der Waals surface area contributed by atoms with Crippen molar-refractivity contribution in [2.24, 2.45) is 0 Å². The number of hydrogen-bond donors (Lipinski definition) is 1. The molecule has 0 aliphatic carbocycles. The van der Waals surface area contributed by atoms with Crippen molar-refractivity contribution in [2.45, 2.75) is 10.1 Å². The van der Waals surface area contributed by atoms with Crippen LogP contribution in [0.15, 0.2) is 65.1 Å². The minimum atomic E-state index is -0.402. The predicted octanol–water partition coefficient (Wildman–Crippen LogP) is 3.91. The summed E-state index contributed by atoms with van der Waals surface area (Å²) in [4.78, 5) is 31.5. The summed E-state index contributed by atoms with van der Waals surface area (Å²) in [5.74, 6) is -0.185. The maximum Gasteiger partial charge on any atom is 0.261 e. The van der Waals surface area contributed by atoms with E-state index < -0.39 is 11.8 Å². The molecular weight excluding hydrogens is 470 g/mol. The van der Waals surface area contributed by atoms with E-state index in [0.717, 1.165) is 36.2 Å². The molecule has 1 N–H and O–H groups in total. The predicted molar refractivity (Wildman–Crippen MR) is 130 cm³/mol. The smallest absolute Gasteiger partial charge is 0.261 e. The molecule has 3 heterocycles. The van der Waals surface area contributed by atoms with Gasteiger partial charge in [-0.15, -0.1) is 16.4 Å². The molecule has 0 radical (unpaired) electrons. The van der Waals surface area contributed by atoms with Crippen LogP contribution in [-0.4, -0.2) is 55.0 Å². The van der Waals surface area contributed by atoms with E-state index in [1.54, 1.807) is 46.0 Å². The van der Waals surface area contributed by atoms with Gasteiger partial charge < -0.3 is 5.11 Å². The molecule has 5 aromatic rings. The van der Waals surface area contributed by atoms with Crippen LogP contribution in [0.3, 0.4) is 0 Å². The number of thiazole rings is 1. The largest absolute Gasteiger partial charge is 0.395 e. The molecule has 8 nitrogen and oxygen atoms in total. The molecule has 6 rings (SSSR count). The summed E-state index contributed by atoms with van der Waals surface area (Å²) in [6.45, 7) is -0.314. The fourth-order valence-electron chi connectivity index (χ4n) is 4.16. The standard InChI is InChI=1S/C24H17N5O3S2/c30-11-10-28-22(31)16-5-3-4-15-19(9-8-17(21(15)16)23(28)32)29-12-14(26-27-29)13-33-24-25-18-6-1-2-7-20(18)34-24/h1-9,12,30H,10-11,13H2. The fraction of sp³-hybridized carbons (Fsp3) is 0.125. The van der Waals surface area contributed by atoms with Crippen molar-refractivity contribution in [1.29, 1.82) is 0 Å². The first kappa shape index (κ1) is 21.0. The highest BCUT2D eigenvalue weighted by atomic mass is 32.2. The number of amides is 2. The Morgan fingerprint density at radius 3 is 2.62 bits per heavy atom. The molecule has 1 aliphatic heterocycles. The number of aromatic nitrogens is 4. The lowest BCUT2D eigenvalue weighted by Gasteiger charge is -2.27. The molecule has 0 atom stereocenters. The molecule has 0 spiro atoms. The Hall–Kier alpha value is -3.60. The number of carbonyl (C=O) groups excluding carboxylic acids is 2. The molecule has 0 unspecified atom stereocenters. The minimum Gasteiger partial charge on any atom is -0.395 e. The van der Waals surface area contributed by atoms with Gasteiger partial charge in [-0.2, -0.15) is 0 Å². The van der Waals surface area contributed by atoms with E-state index in [0.29, 0.717) is 22.3 Å². The number of rotatable bonds is 6. The van der Waals surface area contributed by atoms with E-state index in [2.05, 4.69) is 21.4 Å². The Kier molecular flexibility index (Phi) is 5.13. The van der Waals surface area contributed by atoms with Gasteiger partial charge in [0.05, 0.1) is 40.9 Å². The second-order valence-electron chi connectivity index (χ2n) is 7.74. The topological polar surface area (TPSA) is 101 Å². The molecule has 0 saturated carbocycles. The summed E-state index contributed by atoms with van der Waals surface area (Å²) in [6, 6.07) is 16.9. The first-order chi connectivity index (χ1) is 16.6. The number of fused-ring (bicyclic) bond motifs is 1. The number of hydrogen-bond acceptors (Lipinski definition) is 8. The number of β-amino-alcohol motifs (C(OH)–C–C–N with tert-alkyl or cyclic N) is 1. The normalized spacial score (nSPS) is 13.4. The van der Waals surface area contributed by atoms with Gasteiger partial charge in [-0.1, -0.05) is 41.2 Å². The molecule has 10 heteroatoms. The number of aliphatic hydroxyl groups excluding tert-OH is 1. The third-order valence-electron chi connectivity index (χ3n) is 5.70. The SMILES string of the molecule is O=C1c2cccc3c(-n4cc(CSc5nc6ccccc6s5)nn4)ccc(c23)C(=O)N1CCO. The Morgan fingerprint density at radius 1 is 0.971 bits per heavy atom. The zero-order valence-electron chi connectivity index (χ0n) is 17.7. The number of aliphatic hydroxyl groups is 1. The van der Waals surface area contributed by atoms with Crippen LogP contribution in [0.4, 0.5) is 0 Å². The Labute approximate surface area is 201 Å². The fourth-order valence-corrected chi connectivity index (χ4v) is 6.11. The molecule has 3 aromatic carbocycles. The minimum absolute atomic E-state index is 0.0337. The zero-order chi connectivity index (χ0) is 23.2. The van der Waals surface area contributed by atoms with Crippen LogP contribution in [0.5, 0.6) is 0 Å². The summed E-state index contributed by atoms with van der Waals surface area (Å²) < 4.78 is 3.80. The lowest BCUT2D eigenvalue weighted by Crippen LogP contribution is -2.42. The van der Waals surface area contributed by atoms with Gasteiger partial charge in [0.25, 0.3) is 11.8 Å². The lowest BCUT2D eigenvalue weighted by molar-refractivity contribution is 0.0580. The monoisotopic (exact) mass is 487 g/mol. The maximum absolute atomic E-state index is 12.9. The highest BCUT2D eigenvalue weighted by Gasteiger charge is 2.33. The van der Waals surface area contributed by atoms with E-state index in [1.807, 2.05) is 36.5 Å². The van der Waals surface area contributed by atoms with Crippen LogP contribution in [0, 0.1) is 0 Å². The second kappa shape index (κ2) is 8.32. The number of thioether (sulfide) groups is 1. The van der Waals surface area contributed by atoms with Gasteiger partial charge in [0, 0.05) is 27.7 Å². The van der Waals surface area contributed by atoms with Crippen molar-refractivity contribution >= 4 is 55.9 Å². The summed E-state index contributed by atoms with van der Waals surface area (Å²) in [5, 5.41) is 19.2. The Bertz CT molecular complexity index is 1540. The van der Waals surface area contributed by atoms with Crippen molar-refractivity contribution in [2.75, 3.05) is 13.2 Å². The highest BCUT2D eigenvalue weighted by Crippen LogP contribution is 2.34. The summed E-state index contributed by atoms with van der Waals surface area (Å²) in [7, 11) is 0. The Balaban J connectivity index is 1.32. The average molecular weight is 488 g/mol. The van der Waals surface area contributed by atoms with Crippen molar-refractivity contribution in [1.82, 2.24) is 24.9 Å². The highest BCUT2D eigenvalue weighted by molar-refractivity contribution is 8.00. The summed E-state index contributed by atoms with van der Waals surface area (Å²) in [5.41, 5.74) is 3.40. The molecular formula is C24H17N5O3S2. The number of para-hydroxylation sites is 1. The number of nitrogens with zero attached hydrogens (tertiary/aromatic N) is 5. The van der Waals surface area contributed by atoms with Crippen LogP contribution >= 0.6 is 23.1 Å².